The molecule has 0 saturated carbocycles. The monoisotopic (exact) mass is 472 g/mol. The Morgan fingerprint density at radius 2 is 1.66 bits per heavy atom. The van der Waals surface area contributed by atoms with Crippen LogP contribution >= 0.6 is 24.0 Å². The number of rotatable bonds is 14. The molecule has 2 aromatic rings. The lowest BCUT2D eigenvalue weighted by Crippen LogP contribution is -2.41. The largest absolute Gasteiger partial charge is 0.480 e. The van der Waals surface area contributed by atoms with E-state index in [1.807, 2.05) is 49.3 Å². The summed E-state index contributed by atoms with van der Waals surface area (Å²) in [6.45, 7) is 0. The molecule has 0 spiro atoms. The molecule has 0 saturated heterocycles. The zero-order valence-electron chi connectivity index (χ0n) is 18.8. The lowest BCUT2D eigenvalue weighted by Gasteiger charge is -2.16. The van der Waals surface area contributed by atoms with E-state index in [9.17, 15) is 14.7 Å². The van der Waals surface area contributed by atoms with E-state index in [1.54, 1.807) is 11.8 Å². The topological polar surface area (TPSA) is 69.6 Å². The number of benzene rings is 2. The molecule has 0 unspecified atom stereocenters. The number of Topliss-reactive ketones (excluding diaryl/α,β-unsaturated/α-hetero) is 1. The lowest BCUT2D eigenvalue weighted by atomic mass is 10.0. The number of ketones is 1. The smallest absolute Gasteiger partial charge is 0.326 e. The van der Waals surface area contributed by atoms with Gasteiger partial charge in [0.1, 0.15) is 6.04 Å². The van der Waals surface area contributed by atoms with Crippen LogP contribution in [0.2, 0.25) is 0 Å². The van der Waals surface area contributed by atoms with Gasteiger partial charge >= 0.3 is 5.97 Å². The number of aliphatic carboxylic acids is 1. The highest BCUT2D eigenvalue weighted by Gasteiger charge is 2.18. The van der Waals surface area contributed by atoms with Gasteiger partial charge in [0.15, 0.2) is 5.78 Å². The summed E-state index contributed by atoms with van der Waals surface area (Å²) in [6.07, 6.45) is 3.69. The second-order valence-electron chi connectivity index (χ2n) is 7.88. The summed E-state index contributed by atoms with van der Waals surface area (Å²) >= 11 is 6.93. The molecule has 0 bridgehead atoms. The first-order valence-corrected chi connectivity index (χ1v) is 12.4. The first kappa shape index (κ1) is 25.9. The fraction of sp³-hybridized carbons (Fsp3) is 0.400. The summed E-state index contributed by atoms with van der Waals surface area (Å²) in [5.74, 6) is 0.458. The Hall–Kier alpha value is -2.38. The molecule has 2 rings (SSSR count). The standard InChI is InChI=1S/C25H32N2O3S2/c1-27(2)21-15-13-19(14-16-21)17-32-18-22(25(29)30)26-24(31)12-8-4-7-11-23(28)20-9-5-3-6-10-20/h3,5-6,9-10,13-16,22H,4,7-8,11-12,17-18H2,1-2H3,(H,26,31)(H,29,30)/t22-/m0/s1. The molecule has 0 radical (unpaired) electrons. The molecule has 2 aromatic carbocycles. The molecule has 5 nitrogen and oxygen atoms in total. The Morgan fingerprint density at radius 1 is 1.00 bits per heavy atom. The first-order chi connectivity index (χ1) is 15.4. The Kier molecular flexibility index (Phi) is 11.2. The molecule has 0 heterocycles. The highest BCUT2D eigenvalue weighted by Crippen LogP contribution is 2.18. The Labute approximate surface area is 200 Å². The second kappa shape index (κ2) is 13.9. The second-order valence-corrected chi connectivity index (χ2v) is 9.41. The normalized spacial score (nSPS) is 11.6. The van der Waals surface area contributed by atoms with Gasteiger partial charge in [0.05, 0.1) is 4.99 Å². The predicted octanol–water partition coefficient (Wildman–Crippen LogP) is 5.19. The van der Waals surface area contributed by atoms with E-state index in [-0.39, 0.29) is 5.78 Å². The molecule has 0 fully saturated rings. The number of hydrogen-bond acceptors (Lipinski definition) is 5. The first-order valence-electron chi connectivity index (χ1n) is 10.8. The highest BCUT2D eigenvalue weighted by molar-refractivity contribution is 7.98. The third kappa shape index (κ3) is 9.40. The Bertz CT molecular complexity index is 871. The minimum Gasteiger partial charge on any atom is -0.480 e. The van der Waals surface area contributed by atoms with Gasteiger partial charge in [0, 0.05) is 43.3 Å². The van der Waals surface area contributed by atoms with Crippen LogP contribution in [0.3, 0.4) is 0 Å². The van der Waals surface area contributed by atoms with Crippen molar-refractivity contribution in [3.8, 4) is 0 Å². The van der Waals surface area contributed by atoms with Crippen LogP contribution < -0.4 is 10.2 Å². The third-order valence-corrected chi connectivity index (χ3v) is 6.47. The van der Waals surface area contributed by atoms with E-state index in [2.05, 4.69) is 29.6 Å². The van der Waals surface area contributed by atoms with E-state index in [4.69, 9.17) is 12.2 Å². The van der Waals surface area contributed by atoms with Crippen LogP contribution in [0.1, 0.15) is 48.0 Å². The van der Waals surface area contributed by atoms with Gasteiger partial charge < -0.3 is 15.3 Å². The molecule has 0 aliphatic rings. The number of unbranched alkanes of at least 4 members (excludes halogenated alkanes) is 2. The Morgan fingerprint density at radius 3 is 2.28 bits per heavy atom. The fourth-order valence-corrected chi connectivity index (χ4v) is 4.44. The molecule has 7 heteroatoms. The summed E-state index contributed by atoms with van der Waals surface area (Å²) in [5, 5.41) is 12.5. The quantitative estimate of drug-likeness (QED) is 0.223. The van der Waals surface area contributed by atoms with Crippen molar-refractivity contribution in [1.29, 1.82) is 0 Å². The van der Waals surface area contributed by atoms with Crippen LogP contribution in [0.15, 0.2) is 54.6 Å². The average molecular weight is 473 g/mol. The number of carbonyl (C=O) groups is 2. The van der Waals surface area contributed by atoms with E-state index in [0.29, 0.717) is 23.6 Å². The van der Waals surface area contributed by atoms with Crippen LogP contribution in [-0.4, -0.2) is 47.7 Å². The molecule has 1 atom stereocenters. The molecule has 32 heavy (non-hydrogen) atoms. The number of nitrogens with one attached hydrogen (secondary N) is 1. The van der Waals surface area contributed by atoms with Crippen LogP contribution in [-0.2, 0) is 10.5 Å². The third-order valence-electron chi connectivity index (χ3n) is 5.04. The number of carboxylic acids is 1. The molecule has 0 aliphatic carbocycles. The maximum atomic E-state index is 12.1. The van der Waals surface area contributed by atoms with E-state index >= 15 is 0 Å². The predicted molar refractivity (Wildman–Crippen MR) is 138 cm³/mol. The minimum atomic E-state index is -0.892. The van der Waals surface area contributed by atoms with Crippen molar-refractivity contribution in [1.82, 2.24) is 5.32 Å². The zero-order valence-corrected chi connectivity index (χ0v) is 20.4. The van der Waals surface area contributed by atoms with Crippen molar-refractivity contribution >= 4 is 46.4 Å². The SMILES string of the molecule is CN(C)c1ccc(CSC[C@H](NC(=S)CCCCCC(=O)c2ccccc2)C(=O)O)cc1. The van der Waals surface area contributed by atoms with E-state index in [0.717, 1.165) is 41.8 Å². The minimum absolute atomic E-state index is 0.158. The maximum absolute atomic E-state index is 12.1. The van der Waals surface area contributed by atoms with Crippen LogP contribution in [0.5, 0.6) is 0 Å². The number of hydrogen-bond donors (Lipinski definition) is 2. The number of nitrogens with zero attached hydrogens (tertiary/aromatic N) is 1. The van der Waals surface area contributed by atoms with Crippen molar-refractivity contribution in [3.63, 3.8) is 0 Å². The highest BCUT2D eigenvalue weighted by atomic mass is 32.2. The molecular weight excluding hydrogens is 440 g/mol. The molecule has 2 N–H and O–H groups in total. The Balaban J connectivity index is 1.64. The van der Waals surface area contributed by atoms with Crippen molar-refractivity contribution in [2.75, 3.05) is 24.7 Å². The number of anilines is 1. The summed E-state index contributed by atoms with van der Waals surface area (Å²) in [6, 6.07) is 16.9. The van der Waals surface area contributed by atoms with Gasteiger partial charge in [-0.3, -0.25) is 4.79 Å². The van der Waals surface area contributed by atoms with Crippen LogP contribution in [0.4, 0.5) is 5.69 Å². The van der Waals surface area contributed by atoms with Gasteiger partial charge in [-0.2, -0.15) is 11.8 Å². The number of thiocarbonyl (C=S) groups is 1. The van der Waals surface area contributed by atoms with Gasteiger partial charge in [-0.1, -0.05) is 61.1 Å². The molecule has 0 aliphatic heterocycles. The number of carbonyl (C=O) groups excluding carboxylic acids is 1. The van der Waals surface area contributed by atoms with Gasteiger partial charge in [-0.25, -0.2) is 4.79 Å². The van der Waals surface area contributed by atoms with Crippen LogP contribution in [0, 0.1) is 0 Å². The van der Waals surface area contributed by atoms with Gasteiger partial charge in [-0.05, 0) is 37.0 Å². The molecule has 0 amide bonds. The van der Waals surface area contributed by atoms with Crippen molar-refractivity contribution in [2.45, 2.75) is 43.9 Å². The number of carboxylic acid groups (broad SMARTS) is 1. The van der Waals surface area contributed by atoms with Gasteiger partial charge in [0.25, 0.3) is 0 Å². The lowest BCUT2D eigenvalue weighted by molar-refractivity contribution is -0.138. The maximum Gasteiger partial charge on any atom is 0.326 e. The average Bonchev–Trinajstić information content (AvgIpc) is 2.78. The van der Waals surface area contributed by atoms with Gasteiger partial charge in [0.2, 0.25) is 0 Å². The summed E-state index contributed by atoms with van der Waals surface area (Å²) in [7, 11) is 4.00. The van der Waals surface area contributed by atoms with Crippen LogP contribution in [0.25, 0.3) is 0 Å². The molecule has 0 aromatic heterocycles. The molecule has 172 valence electrons. The summed E-state index contributed by atoms with van der Waals surface area (Å²) < 4.78 is 0. The molecular formula is C25H32N2O3S2. The summed E-state index contributed by atoms with van der Waals surface area (Å²) in [5.41, 5.74) is 3.05. The van der Waals surface area contributed by atoms with E-state index < -0.39 is 12.0 Å². The zero-order chi connectivity index (χ0) is 23.3. The van der Waals surface area contributed by atoms with Crippen molar-refractivity contribution < 1.29 is 14.7 Å². The van der Waals surface area contributed by atoms with E-state index in [1.165, 1.54) is 0 Å². The summed E-state index contributed by atoms with van der Waals surface area (Å²) in [4.78, 5) is 26.3. The van der Waals surface area contributed by atoms with Gasteiger partial charge in [-0.15, -0.1) is 0 Å². The fourth-order valence-electron chi connectivity index (χ4n) is 3.14. The van der Waals surface area contributed by atoms with Crippen molar-refractivity contribution in [2.24, 2.45) is 0 Å². The number of thioether (sulfide) groups is 1. The van der Waals surface area contributed by atoms with Crippen molar-refractivity contribution in [3.05, 3.63) is 65.7 Å².